The van der Waals surface area contributed by atoms with Gasteiger partial charge in [0.05, 0.1) is 12.8 Å². The van der Waals surface area contributed by atoms with E-state index in [-0.39, 0.29) is 5.78 Å². The van der Waals surface area contributed by atoms with Gasteiger partial charge in [0.15, 0.2) is 5.78 Å². The Balaban J connectivity index is 2.31. The number of ketones is 1. The third kappa shape index (κ3) is 3.70. The lowest BCUT2D eigenvalue weighted by Gasteiger charge is -2.07. The fourth-order valence-corrected chi connectivity index (χ4v) is 2.42. The fourth-order valence-electron chi connectivity index (χ4n) is 1.67. The van der Waals surface area contributed by atoms with Crippen LogP contribution in [0.1, 0.15) is 29.3 Å². The molecule has 0 amide bonds. The molecule has 0 aliphatic carbocycles. The smallest absolute Gasteiger partial charge is 0.195 e. The van der Waals surface area contributed by atoms with Crippen molar-refractivity contribution < 1.29 is 9.53 Å². The Morgan fingerprint density at radius 2 is 2.15 bits per heavy atom. The Morgan fingerprint density at radius 1 is 1.35 bits per heavy atom. The van der Waals surface area contributed by atoms with E-state index in [0.29, 0.717) is 28.5 Å². The normalized spacial score (nSPS) is 10.3. The lowest BCUT2D eigenvalue weighted by molar-refractivity contribution is 0.103. The number of halogens is 2. The fraction of sp³-hybridized carbons (Fsp3) is 0.200. The summed E-state index contributed by atoms with van der Waals surface area (Å²) in [5, 5.41) is 0.542. The van der Waals surface area contributed by atoms with Gasteiger partial charge in [-0.05, 0) is 53.3 Å². The van der Waals surface area contributed by atoms with Crippen LogP contribution in [0.2, 0.25) is 5.02 Å². The molecule has 0 bridgehead atoms. The van der Waals surface area contributed by atoms with Gasteiger partial charge >= 0.3 is 0 Å². The number of rotatable bonds is 5. The summed E-state index contributed by atoms with van der Waals surface area (Å²) in [6, 6.07) is 6.97. The molecule has 0 aliphatic rings. The molecule has 1 heterocycles. The maximum absolute atomic E-state index is 12.5. The van der Waals surface area contributed by atoms with Crippen LogP contribution in [0.5, 0.6) is 5.75 Å². The standard InChI is InChI=1S/C15H13ClINO2/c1-2-5-20-12-6-10(8-18-9-12)15(19)13-7-11(16)3-4-14(13)17/h3-4,6-9H,2,5H2,1H3. The van der Waals surface area contributed by atoms with Crippen molar-refractivity contribution in [1.82, 2.24) is 4.98 Å². The van der Waals surface area contributed by atoms with Gasteiger partial charge in [0, 0.05) is 25.9 Å². The summed E-state index contributed by atoms with van der Waals surface area (Å²) in [4.78, 5) is 16.5. The maximum Gasteiger partial charge on any atom is 0.195 e. The summed E-state index contributed by atoms with van der Waals surface area (Å²) < 4.78 is 6.35. The van der Waals surface area contributed by atoms with Gasteiger partial charge in [0.2, 0.25) is 0 Å². The quantitative estimate of drug-likeness (QED) is 0.552. The lowest BCUT2D eigenvalue weighted by Crippen LogP contribution is -2.05. The minimum Gasteiger partial charge on any atom is -0.492 e. The zero-order valence-electron chi connectivity index (χ0n) is 10.9. The van der Waals surface area contributed by atoms with E-state index in [9.17, 15) is 4.79 Å². The molecule has 0 unspecified atom stereocenters. The van der Waals surface area contributed by atoms with Crippen molar-refractivity contribution in [3.05, 3.63) is 56.4 Å². The Hall–Kier alpha value is -1.14. The van der Waals surface area contributed by atoms with E-state index >= 15 is 0 Å². The molecule has 0 atom stereocenters. The summed E-state index contributed by atoms with van der Waals surface area (Å²) in [5.74, 6) is 0.501. The van der Waals surface area contributed by atoms with Crippen molar-refractivity contribution in [3.8, 4) is 5.75 Å². The van der Waals surface area contributed by atoms with Gasteiger partial charge in [-0.2, -0.15) is 0 Å². The zero-order chi connectivity index (χ0) is 14.5. The molecule has 0 N–H and O–H groups in total. The molecule has 20 heavy (non-hydrogen) atoms. The maximum atomic E-state index is 12.5. The monoisotopic (exact) mass is 401 g/mol. The predicted molar refractivity (Wildman–Crippen MR) is 87.6 cm³/mol. The van der Waals surface area contributed by atoms with E-state index in [0.717, 1.165) is 9.99 Å². The van der Waals surface area contributed by atoms with Crippen LogP contribution < -0.4 is 4.74 Å². The number of nitrogens with zero attached hydrogens (tertiary/aromatic N) is 1. The molecule has 5 heteroatoms. The van der Waals surface area contributed by atoms with E-state index < -0.39 is 0 Å². The van der Waals surface area contributed by atoms with Gasteiger partial charge in [-0.25, -0.2) is 0 Å². The molecule has 0 radical (unpaired) electrons. The molecule has 0 saturated heterocycles. The number of carbonyl (C=O) groups is 1. The highest BCUT2D eigenvalue weighted by Crippen LogP contribution is 2.22. The molecule has 2 rings (SSSR count). The first-order valence-corrected chi connectivity index (χ1v) is 7.65. The minimum atomic E-state index is -0.105. The number of aromatic nitrogens is 1. The van der Waals surface area contributed by atoms with E-state index in [1.807, 2.05) is 13.0 Å². The largest absolute Gasteiger partial charge is 0.492 e. The molecule has 104 valence electrons. The molecule has 0 fully saturated rings. The molecule has 3 nitrogen and oxygen atoms in total. The number of pyridine rings is 1. The molecule has 0 saturated carbocycles. The molecule has 0 aliphatic heterocycles. The van der Waals surface area contributed by atoms with E-state index in [4.69, 9.17) is 16.3 Å². The highest BCUT2D eigenvalue weighted by molar-refractivity contribution is 14.1. The first-order valence-electron chi connectivity index (χ1n) is 6.19. The average molecular weight is 402 g/mol. The molecular weight excluding hydrogens is 389 g/mol. The Bertz CT molecular complexity index is 631. The lowest BCUT2D eigenvalue weighted by atomic mass is 10.1. The molecule has 1 aromatic carbocycles. The van der Waals surface area contributed by atoms with Gasteiger partial charge in [-0.1, -0.05) is 18.5 Å². The second-order valence-electron chi connectivity index (χ2n) is 4.21. The number of hydrogen-bond acceptors (Lipinski definition) is 3. The second kappa shape index (κ2) is 7.04. The Kier molecular flexibility index (Phi) is 5.37. The van der Waals surface area contributed by atoms with Crippen molar-refractivity contribution in [3.63, 3.8) is 0 Å². The van der Waals surface area contributed by atoms with Crippen LogP contribution in [0.15, 0.2) is 36.7 Å². The van der Waals surface area contributed by atoms with Crippen LogP contribution in [0.25, 0.3) is 0 Å². The molecule has 1 aromatic heterocycles. The number of carbonyl (C=O) groups excluding carboxylic acids is 1. The Morgan fingerprint density at radius 3 is 2.90 bits per heavy atom. The predicted octanol–water partition coefficient (Wildman–Crippen LogP) is 4.36. The summed E-state index contributed by atoms with van der Waals surface area (Å²) in [5.41, 5.74) is 1.08. The van der Waals surface area contributed by atoms with Gasteiger partial charge < -0.3 is 4.74 Å². The topological polar surface area (TPSA) is 39.2 Å². The third-order valence-electron chi connectivity index (χ3n) is 2.62. The molecular formula is C15H13ClINO2. The van der Waals surface area contributed by atoms with Gasteiger partial charge in [0.1, 0.15) is 5.75 Å². The first-order chi connectivity index (χ1) is 9.61. The summed E-state index contributed by atoms with van der Waals surface area (Å²) >= 11 is 8.07. The van der Waals surface area contributed by atoms with Crippen LogP contribution in [-0.2, 0) is 0 Å². The van der Waals surface area contributed by atoms with E-state index in [1.54, 1.807) is 24.4 Å². The third-order valence-corrected chi connectivity index (χ3v) is 3.80. The van der Waals surface area contributed by atoms with Crippen molar-refractivity contribution in [1.29, 1.82) is 0 Å². The molecule has 2 aromatic rings. The van der Waals surface area contributed by atoms with Gasteiger partial charge in [-0.3, -0.25) is 9.78 Å². The molecule has 0 spiro atoms. The summed E-state index contributed by atoms with van der Waals surface area (Å²) in [7, 11) is 0. The average Bonchev–Trinajstić information content (AvgIpc) is 2.47. The van der Waals surface area contributed by atoms with Crippen molar-refractivity contribution in [2.45, 2.75) is 13.3 Å². The van der Waals surface area contributed by atoms with Crippen LogP contribution in [0.3, 0.4) is 0 Å². The van der Waals surface area contributed by atoms with Crippen molar-refractivity contribution in [2.75, 3.05) is 6.61 Å². The van der Waals surface area contributed by atoms with Crippen molar-refractivity contribution >= 4 is 40.0 Å². The SMILES string of the molecule is CCCOc1cncc(C(=O)c2cc(Cl)ccc2I)c1. The van der Waals surface area contributed by atoms with Crippen LogP contribution >= 0.6 is 34.2 Å². The van der Waals surface area contributed by atoms with Crippen molar-refractivity contribution in [2.24, 2.45) is 0 Å². The van der Waals surface area contributed by atoms with E-state index in [1.165, 1.54) is 6.20 Å². The minimum absolute atomic E-state index is 0.105. The second-order valence-corrected chi connectivity index (χ2v) is 5.81. The van der Waals surface area contributed by atoms with E-state index in [2.05, 4.69) is 27.6 Å². The van der Waals surface area contributed by atoms with Crippen LogP contribution in [0, 0.1) is 3.57 Å². The summed E-state index contributed by atoms with van der Waals surface area (Å²) in [6.07, 6.45) is 4.05. The zero-order valence-corrected chi connectivity index (χ0v) is 13.8. The van der Waals surface area contributed by atoms with Gasteiger partial charge in [-0.15, -0.1) is 0 Å². The summed E-state index contributed by atoms with van der Waals surface area (Å²) in [6.45, 7) is 2.63. The van der Waals surface area contributed by atoms with Crippen LogP contribution in [0.4, 0.5) is 0 Å². The van der Waals surface area contributed by atoms with Crippen LogP contribution in [-0.4, -0.2) is 17.4 Å². The first kappa shape index (κ1) is 15.3. The van der Waals surface area contributed by atoms with Gasteiger partial charge in [0.25, 0.3) is 0 Å². The number of benzene rings is 1. The Labute approximate surface area is 136 Å². The highest BCUT2D eigenvalue weighted by Gasteiger charge is 2.14. The highest BCUT2D eigenvalue weighted by atomic mass is 127. The number of hydrogen-bond donors (Lipinski definition) is 0. The number of ether oxygens (including phenoxy) is 1.